The Morgan fingerprint density at radius 3 is 2.42 bits per heavy atom. The van der Waals surface area contributed by atoms with Gasteiger partial charge in [0.2, 0.25) is 17.0 Å². The first-order valence-electron chi connectivity index (χ1n) is 11.5. The topological polar surface area (TPSA) is 102 Å². The monoisotopic (exact) mass is 548 g/mol. The molecule has 11 heteroatoms. The van der Waals surface area contributed by atoms with Crippen LogP contribution in [0, 0.1) is 5.92 Å². The molecule has 0 fully saturated rings. The fourth-order valence-corrected chi connectivity index (χ4v) is 4.39. The number of carbonyl (C=O) groups excluding carboxylic acids is 2. The number of halogens is 2. The maximum Gasteiger partial charge on any atom is 0.234 e. The number of nitrogens with zero attached hydrogens (tertiary/aromatic N) is 4. The quantitative estimate of drug-likeness (QED) is 0.301. The predicted octanol–water partition coefficient (Wildman–Crippen LogP) is 6.37. The highest BCUT2D eigenvalue weighted by molar-refractivity contribution is 7.99. The van der Waals surface area contributed by atoms with E-state index in [4.69, 9.17) is 23.2 Å². The Hall–Kier alpha value is -2.62. The molecule has 0 saturated heterocycles. The smallest absolute Gasteiger partial charge is 0.234 e. The zero-order valence-electron chi connectivity index (χ0n) is 20.9. The fraction of sp³-hybridized carbons (Fsp3) is 0.400. The van der Waals surface area contributed by atoms with Gasteiger partial charge in [0.25, 0.3) is 0 Å². The summed E-state index contributed by atoms with van der Waals surface area (Å²) < 4.78 is 1.51. The molecule has 36 heavy (non-hydrogen) atoms. The number of amides is 2. The van der Waals surface area contributed by atoms with Crippen LogP contribution in [-0.2, 0) is 15.0 Å². The molecule has 0 spiro atoms. The minimum Gasteiger partial charge on any atom is -0.326 e. The van der Waals surface area contributed by atoms with E-state index in [1.807, 2.05) is 18.2 Å². The first-order valence-corrected chi connectivity index (χ1v) is 13.3. The fourth-order valence-electron chi connectivity index (χ4n) is 3.22. The predicted molar refractivity (Wildman–Crippen MR) is 146 cm³/mol. The molecule has 0 aliphatic rings. The molecule has 0 saturated carbocycles. The summed E-state index contributed by atoms with van der Waals surface area (Å²) in [7, 11) is 0. The number of thioether (sulfide) groups is 1. The van der Waals surface area contributed by atoms with Crippen LogP contribution in [0.1, 0.15) is 53.0 Å². The Morgan fingerprint density at radius 1 is 1.03 bits per heavy atom. The number of tetrazole rings is 1. The zero-order chi connectivity index (χ0) is 26.5. The summed E-state index contributed by atoms with van der Waals surface area (Å²) in [6.07, 6.45) is 1.25. The molecular weight excluding hydrogens is 519 g/mol. The summed E-state index contributed by atoms with van der Waals surface area (Å²) in [4.78, 5) is 24.6. The Balaban J connectivity index is 1.60. The van der Waals surface area contributed by atoms with Gasteiger partial charge >= 0.3 is 0 Å². The highest BCUT2D eigenvalue weighted by Crippen LogP contribution is 2.31. The Bertz CT molecular complexity index is 1240. The van der Waals surface area contributed by atoms with Crippen LogP contribution in [0.15, 0.2) is 41.6 Å². The second kappa shape index (κ2) is 12.1. The van der Waals surface area contributed by atoms with Gasteiger partial charge in [-0.2, -0.15) is 4.68 Å². The second-order valence-corrected chi connectivity index (χ2v) is 11.6. The van der Waals surface area contributed by atoms with Gasteiger partial charge in [0, 0.05) is 12.1 Å². The summed E-state index contributed by atoms with van der Waals surface area (Å²) in [6.45, 7) is 10.5. The van der Waals surface area contributed by atoms with Gasteiger partial charge in [-0.25, -0.2) is 0 Å². The van der Waals surface area contributed by atoms with Crippen molar-refractivity contribution < 1.29 is 9.59 Å². The number of nitrogens with one attached hydrogen (secondary N) is 2. The highest BCUT2D eigenvalue weighted by atomic mass is 35.5. The van der Waals surface area contributed by atoms with Crippen LogP contribution in [0.2, 0.25) is 10.0 Å². The number of hydrogen-bond donors (Lipinski definition) is 2. The normalized spacial score (nSPS) is 11.6. The number of anilines is 2. The summed E-state index contributed by atoms with van der Waals surface area (Å²) >= 11 is 14.0. The zero-order valence-corrected chi connectivity index (χ0v) is 23.3. The van der Waals surface area contributed by atoms with Crippen molar-refractivity contribution >= 4 is 58.2 Å². The maximum absolute atomic E-state index is 12.6. The molecule has 0 radical (unpaired) electrons. The summed E-state index contributed by atoms with van der Waals surface area (Å²) in [5, 5.41) is 18.7. The number of benzene rings is 2. The van der Waals surface area contributed by atoms with Gasteiger partial charge in [0.05, 0.1) is 27.2 Å². The highest BCUT2D eigenvalue weighted by Gasteiger charge is 2.18. The third-order valence-electron chi connectivity index (χ3n) is 5.29. The second-order valence-electron chi connectivity index (χ2n) is 9.80. The van der Waals surface area contributed by atoms with Crippen LogP contribution in [0.5, 0.6) is 0 Å². The van der Waals surface area contributed by atoms with Crippen LogP contribution in [0.4, 0.5) is 11.4 Å². The van der Waals surface area contributed by atoms with Crippen molar-refractivity contribution in [3.8, 4) is 5.69 Å². The average molecular weight is 550 g/mol. The summed E-state index contributed by atoms with van der Waals surface area (Å²) in [5.74, 6) is 0.158. The molecule has 192 valence electrons. The van der Waals surface area contributed by atoms with Gasteiger partial charge in [-0.3, -0.25) is 9.59 Å². The number of carbonyl (C=O) groups is 2. The molecule has 2 amide bonds. The van der Waals surface area contributed by atoms with E-state index < -0.39 is 0 Å². The van der Waals surface area contributed by atoms with Gasteiger partial charge < -0.3 is 10.6 Å². The minimum absolute atomic E-state index is 0.0444. The van der Waals surface area contributed by atoms with Crippen molar-refractivity contribution in [2.24, 2.45) is 5.92 Å². The Morgan fingerprint density at radius 2 is 1.78 bits per heavy atom. The largest absolute Gasteiger partial charge is 0.326 e. The van der Waals surface area contributed by atoms with Crippen molar-refractivity contribution in [1.82, 2.24) is 20.2 Å². The summed E-state index contributed by atoms with van der Waals surface area (Å²) in [6, 6.07) is 10.7. The molecule has 8 nitrogen and oxygen atoms in total. The van der Waals surface area contributed by atoms with Gasteiger partial charge in [-0.1, -0.05) is 75.6 Å². The van der Waals surface area contributed by atoms with Gasteiger partial charge in [-0.15, -0.1) is 5.10 Å². The molecule has 0 unspecified atom stereocenters. The average Bonchev–Trinajstić information content (AvgIpc) is 3.26. The van der Waals surface area contributed by atoms with E-state index in [-0.39, 0.29) is 23.0 Å². The maximum atomic E-state index is 12.6. The Kier molecular flexibility index (Phi) is 9.38. The van der Waals surface area contributed by atoms with Crippen LogP contribution in [-0.4, -0.2) is 37.8 Å². The lowest BCUT2D eigenvalue weighted by Gasteiger charge is -2.20. The molecule has 3 rings (SSSR count). The van der Waals surface area contributed by atoms with Crippen LogP contribution in [0.3, 0.4) is 0 Å². The lowest BCUT2D eigenvalue weighted by molar-refractivity contribution is -0.116. The van der Waals surface area contributed by atoms with E-state index in [0.29, 0.717) is 44.6 Å². The van der Waals surface area contributed by atoms with E-state index in [2.05, 4.69) is 60.8 Å². The van der Waals surface area contributed by atoms with E-state index in [0.717, 1.165) is 12.0 Å². The molecule has 0 aliphatic carbocycles. The number of rotatable bonds is 9. The van der Waals surface area contributed by atoms with Crippen molar-refractivity contribution in [2.75, 3.05) is 16.4 Å². The van der Waals surface area contributed by atoms with E-state index >= 15 is 0 Å². The SMILES string of the molecule is CC(C)CCC(=O)Nc1ccc(NC(=O)CSc2nnnn2-c2ccc(C(C)(C)C)cc2Cl)c(Cl)c1. The molecule has 1 aromatic heterocycles. The molecule has 2 N–H and O–H groups in total. The van der Waals surface area contributed by atoms with Crippen molar-refractivity contribution in [1.29, 1.82) is 0 Å². The van der Waals surface area contributed by atoms with Crippen LogP contribution >= 0.6 is 35.0 Å². The molecule has 1 heterocycles. The van der Waals surface area contributed by atoms with Crippen molar-refractivity contribution in [2.45, 2.75) is 58.0 Å². The third-order valence-corrected chi connectivity index (χ3v) is 6.83. The Labute approximate surface area is 225 Å². The lowest BCUT2D eigenvalue weighted by atomic mass is 9.87. The van der Waals surface area contributed by atoms with Crippen LogP contribution in [0.25, 0.3) is 5.69 Å². The first-order chi connectivity index (χ1) is 16.9. The van der Waals surface area contributed by atoms with Gasteiger partial charge in [-0.05, 0) is 64.1 Å². The van der Waals surface area contributed by atoms with Crippen molar-refractivity contribution in [3.05, 3.63) is 52.0 Å². The minimum atomic E-state index is -0.278. The molecule has 0 aliphatic heterocycles. The molecule has 0 bridgehead atoms. The number of hydrogen-bond acceptors (Lipinski definition) is 6. The first kappa shape index (κ1) is 28.0. The summed E-state index contributed by atoms with van der Waals surface area (Å²) in [5.41, 5.74) is 2.71. The molecule has 3 aromatic rings. The lowest BCUT2D eigenvalue weighted by Crippen LogP contribution is -2.16. The van der Waals surface area contributed by atoms with Crippen molar-refractivity contribution in [3.63, 3.8) is 0 Å². The van der Waals surface area contributed by atoms with E-state index in [1.165, 1.54) is 16.4 Å². The van der Waals surface area contributed by atoms with Crippen LogP contribution < -0.4 is 10.6 Å². The van der Waals surface area contributed by atoms with E-state index in [1.54, 1.807) is 18.2 Å². The van der Waals surface area contributed by atoms with Gasteiger partial charge in [0.1, 0.15) is 0 Å². The third kappa shape index (κ3) is 7.69. The van der Waals surface area contributed by atoms with E-state index in [9.17, 15) is 9.59 Å². The number of aromatic nitrogens is 4. The standard InChI is InChI=1S/C25H30Cl2N6O2S/c1-15(2)6-11-22(34)28-17-8-9-20(18(26)13-17)29-23(35)14-36-24-30-31-32-33(24)21-10-7-16(12-19(21)27)25(3,4)5/h7-10,12-13,15H,6,11,14H2,1-5H3,(H,28,34)(H,29,35). The molecule has 0 atom stereocenters. The molecule has 2 aromatic carbocycles. The molecular formula is C25H30Cl2N6O2S. The van der Waals surface area contributed by atoms with Gasteiger partial charge in [0.15, 0.2) is 0 Å².